The number of aromatic hydroxyl groups is 1. The first-order chi connectivity index (χ1) is 7.63. The van der Waals surface area contributed by atoms with Gasteiger partial charge in [-0.1, -0.05) is 13.3 Å². The summed E-state index contributed by atoms with van der Waals surface area (Å²) in [5, 5.41) is 18.4. The lowest BCUT2D eigenvalue weighted by Crippen LogP contribution is -2.18. The van der Waals surface area contributed by atoms with E-state index in [0.29, 0.717) is 18.4 Å². The fourth-order valence-electron chi connectivity index (χ4n) is 1.17. The second-order valence-electron chi connectivity index (χ2n) is 3.44. The second-order valence-corrected chi connectivity index (χ2v) is 3.44. The van der Waals surface area contributed by atoms with Gasteiger partial charge in [-0.2, -0.15) is 0 Å². The summed E-state index contributed by atoms with van der Waals surface area (Å²) in [6, 6.07) is 5.74. The maximum Gasteiger partial charge on any atom is 0.338 e. The molecule has 0 bridgehead atoms. The van der Waals surface area contributed by atoms with Gasteiger partial charge in [-0.3, -0.25) is 0 Å². The van der Waals surface area contributed by atoms with Crippen LogP contribution in [0.5, 0.6) is 5.75 Å². The van der Waals surface area contributed by atoms with E-state index in [9.17, 15) is 9.90 Å². The van der Waals surface area contributed by atoms with E-state index in [-0.39, 0.29) is 12.4 Å². The molecule has 0 aliphatic rings. The number of phenolic OH excluding ortho intramolecular Hbond substituents is 1. The number of esters is 1. The lowest BCUT2D eigenvalue weighted by atomic mass is 10.2. The molecule has 0 aromatic heterocycles. The van der Waals surface area contributed by atoms with Crippen molar-refractivity contribution in [2.75, 3.05) is 6.61 Å². The molecule has 1 aromatic rings. The van der Waals surface area contributed by atoms with Crippen LogP contribution in [0.3, 0.4) is 0 Å². The van der Waals surface area contributed by atoms with Gasteiger partial charge in [-0.25, -0.2) is 4.79 Å². The highest BCUT2D eigenvalue weighted by molar-refractivity contribution is 5.89. The maximum absolute atomic E-state index is 11.4. The first-order valence-electron chi connectivity index (χ1n) is 5.07. The van der Waals surface area contributed by atoms with Gasteiger partial charge in [0.05, 0.1) is 11.7 Å². The number of ether oxygens (including phenoxy) is 1. The van der Waals surface area contributed by atoms with Crippen LogP contribution in [-0.2, 0) is 4.74 Å². The van der Waals surface area contributed by atoms with Gasteiger partial charge in [-0.15, -0.1) is 0 Å². The van der Waals surface area contributed by atoms with Crippen LogP contribution in [-0.4, -0.2) is 28.9 Å². The molecule has 0 amide bonds. The third-order valence-corrected chi connectivity index (χ3v) is 2.05. The first-order valence-corrected chi connectivity index (χ1v) is 5.07. The Labute approximate surface area is 94.5 Å². The molecule has 87 valence electrons. The molecule has 4 nitrogen and oxygen atoms in total. The zero-order valence-electron chi connectivity index (χ0n) is 8.93. The average Bonchev–Trinajstić information content (AvgIpc) is 2.27. The third-order valence-electron chi connectivity index (χ3n) is 2.05. The van der Waals surface area contributed by atoms with E-state index in [1.54, 1.807) is 0 Å². The molecule has 0 saturated heterocycles. The van der Waals surface area contributed by atoms with Crippen LogP contribution < -0.4 is 0 Å². The molecule has 0 heterocycles. The van der Waals surface area contributed by atoms with E-state index in [1.165, 1.54) is 24.3 Å². The molecule has 0 aliphatic carbocycles. The molecule has 4 heteroatoms. The van der Waals surface area contributed by atoms with Gasteiger partial charge in [0.15, 0.2) is 0 Å². The topological polar surface area (TPSA) is 66.8 Å². The Morgan fingerprint density at radius 2 is 2.00 bits per heavy atom. The predicted octanol–water partition coefficient (Wildman–Crippen LogP) is 1.52. The Balaban J connectivity index is 2.43. The number of phenols is 1. The van der Waals surface area contributed by atoms with Crippen LogP contribution in [0.2, 0.25) is 0 Å². The highest BCUT2D eigenvalue weighted by atomic mass is 16.5. The molecule has 1 radical (unpaired) electrons. The maximum atomic E-state index is 11.4. The first kappa shape index (κ1) is 12.5. The highest BCUT2D eigenvalue weighted by Crippen LogP contribution is 2.10. The molecular weight excluding hydrogens is 208 g/mol. The van der Waals surface area contributed by atoms with Crippen LogP contribution in [0, 0.1) is 6.92 Å². The van der Waals surface area contributed by atoms with Crippen molar-refractivity contribution < 1.29 is 19.7 Å². The summed E-state index contributed by atoms with van der Waals surface area (Å²) in [6.45, 7) is 3.56. The van der Waals surface area contributed by atoms with Gasteiger partial charge >= 0.3 is 5.97 Å². The van der Waals surface area contributed by atoms with Crippen LogP contribution in [0.15, 0.2) is 24.3 Å². The number of carbonyl (C=O) groups excluding carboxylic acids is 1. The summed E-state index contributed by atoms with van der Waals surface area (Å²) in [5.41, 5.74) is 0.347. The lowest BCUT2D eigenvalue weighted by molar-refractivity contribution is 0.0240. The molecular formula is C12H15O4. The number of benzene rings is 1. The standard InChI is InChI=1S/C12H15O4/c1-2-3-11(14)8-16-12(15)9-4-6-10(13)7-5-9/h4-7,11,13-14H,1-3,8H2. The molecule has 0 aliphatic heterocycles. The molecule has 2 N–H and O–H groups in total. The monoisotopic (exact) mass is 223 g/mol. The number of aliphatic hydroxyl groups excluding tert-OH is 1. The number of rotatable bonds is 5. The Hall–Kier alpha value is -1.55. The number of aliphatic hydroxyl groups is 1. The normalized spacial score (nSPS) is 12.1. The third kappa shape index (κ3) is 3.90. The molecule has 1 atom stereocenters. The fourth-order valence-corrected chi connectivity index (χ4v) is 1.17. The molecule has 1 rings (SSSR count). The fraction of sp³-hybridized carbons (Fsp3) is 0.333. The summed E-state index contributed by atoms with van der Waals surface area (Å²) in [4.78, 5) is 11.4. The van der Waals surface area contributed by atoms with Crippen molar-refractivity contribution in [1.29, 1.82) is 0 Å². The van der Waals surface area contributed by atoms with E-state index >= 15 is 0 Å². The summed E-state index contributed by atoms with van der Waals surface area (Å²) in [5.74, 6) is -0.420. The van der Waals surface area contributed by atoms with E-state index in [4.69, 9.17) is 9.84 Å². The molecule has 0 spiro atoms. The summed E-state index contributed by atoms with van der Waals surface area (Å²) in [6.07, 6.45) is 0.430. The molecule has 1 aromatic carbocycles. The SMILES string of the molecule is [CH2]CCC(O)COC(=O)c1ccc(O)cc1. The van der Waals surface area contributed by atoms with E-state index < -0.39 is 12.1 Å². The van der Waals surface area contributed by atoms with Crippen molar-refractivity contribution in [1.82, 2.24) is 0 Å². The van der Waals surface area contributed by atoms with Crippen LogP contribution in [0.1, 0.15) is 23.2 Å². The zero-order chi connectivity index (χ0) is 12.0. The minimum absolute atomic E-state index is 0.0325. The van der Waals surface area contributed by atoms with Crippen LogP contribution in [0.4, 0.5) is 0 Å². The van der Waals surface area contributed by atoms with Gasteiger partial charge in [0.25, 0.3) is 0 Å². The second kappa shape index (κ2) is 6.12. The summed E-state index contributed by atoms with van der Waals surface area (Å²) < 4.78 is 4.88. The predicted molar refractivity (Wildman–Crippen MR) is 59.0 cm³/mol. The summed E-state index contributed by atoms with van der Waals surface area (Å²) in [7, 11) is 0. The van der Waals surface area contributed by atoms with Crippen LogP contribution in [0.25, 0.3) is 0 Å². The van der Waals surface area contributed by atoms with Crippen molar-refractivity contribution in [3.63, 3.8) is 0 Å². The van der Waals surface area contributed by atoms with Gasteiger partial charge in [-0.05, 0) is 30.7 Å². The van der Waals surface area contributed by atoms with Gasteiger partial charge < -0.3 is 14.9 Å². The Morgan fingerprint density at radius 1 is 1.38 bits per heavy atom. The van der Waals surface area contributed by atoms with Gasteiger partial charge in [0.1, 0.15) is 12.4 Å². The van der Waals surface area contributed by atoms with E-state index in [1.807, 2.05) is 0 Å². The molecule has 0 saturated carbocycles. The van der Waals surface area contributed by atoms with E-state index in [2.05, 4.69) is 6.92 Å². The lowest BCUT2D eigenvalue weighted by Gasteiger charge is -2.09. The number of hydrogen-bond donors (Lipinski definition) is 2. The van der Waals surface area contributed by atoms with Crippen molar-refractivity contribution >= 4 is 5.97 Å². The minimum Gasteiger partial charge on any atom is -0.508 e. The molecule has 16 heavy (non-hydrogen) atoms. The van der Waals surface area contributed by atoms with Crippen molar-refractivity contribution in [2.24, 2.45) is 0 Å². The van der Waals surface area contributed by atoms with Crippen molar-refractivity contribution in [3.8, 4) is 5.75 Å². The molecule has 1 unspecified atom stereocenters. The van der Waals surface area contributed by atoms with Crippen LogP contribution >= 0.6 is 0 Å². The zero-order valence-corrected chi connectivity index (χ0v) is 8.93. The smallest absolute Gasteiger partial charge is 0.338 e. The Bertz CT molecular complexity index is 331. The van der Waals surface area contributed by atoms with Crippen molar-refractivity contribution in [3.05, 3.63) is 36.8 Å². The van der Waals surface area contributed by atoms with Crippen molar-refractivity contribution in [2.45, 2.75) is 18.9 Å². The number of hydrogen-bond acceptors (Lipinski definition) is 4. The number of carbonyl (C=O) groups is 1. The average molecular weight is 223 g/mol. The Morgan fingerprint density at radius 3 is 2.56 bits per heavy atom. The highest BCUT2D eigenvalue weighted by Gasteiger charge is 2.10. The largest absolute Gasteiger partial charge is 0.508 e. The minimum atomic E-state index is -0.668. The Kier molecular flexibility index (Phi) is 4.79. The summed E-state index contributed by atoms with van der Waals surface area (Å²) >= 11 is 0. The molecule has 0 fully saturated rings. The van der Waals surface area contributed by atoms with E-state index in [0.717, 1.165) is 0 Å². The van der Waals surface area contributed by atoms with Gasteiger partial charge in [0.2, 0.25) is 0 Å². The van der Waals surface area contributed by atoms with Gasteiger partial charge in [0, 0.05) is 0 Å². The quantitative estimate of drug-likeness (QED) is 0.743.